The van der Waals surface area contributed by atoms with Crippen molar-refractivity contribution in [2.24, 2.45) is 0 Å². The van der Waals surface area contributed by atoms with Crippen molar-refractivity contribution in [2.75, 3.05) is 5.73 Å². The summed E-state index contributed by atoms with van der Waals surface area (Å²) in [6, 6.07) is 9.59. The maximum atomic E-state index is 5.94. The van der Waals surface area contributed by atoms with Gasteiger partial charge in [0, 0.05) is 0 Å². The first kappa shape index (κ1) is 12.5. The number of hydrogen-bond acceptors (Lipinski definition) is 5. The second kappa shape index (κ2) is 4.66. The summed E-state index contributed by atoms with van der Waals surface area (Å²) in [6.07, 6.45) is 5.17. The second-order valence-electron chi connectivity index (χ2n) is 4.94. The highest BCUT2D eigenvalue weighted by atomic mass is 15.4. The average Bonchev–Trinajstić information content (AvgIpc) is 3.15. The molecule has 4 aromatic rings. The van der Waals surface area contributed by atoms with Crippen LogP contribution >= 0.6 is 0 Å². The Hall–Kier alpha value is -3.22. The minimum Gasteiger partial charge on any atom is -0.397 e. The lowest BCUT2D eigenvalue weighted by Crippen LogP contribution is -2.00. The average molecular weight is 291 g/mol. The molecule has 4 rings (SSSR count). The lowest BCUT2D eigenvalue weighted by Gasteiger charge is -2.05. The van der Waals surface area contributed by atoms with E-state index in [9.17, 15) is 0 Å². The van der Waals surface area contributed by atoms with Crippen LogP contribution < -0.4 is 5.73 Å². The molecule has 0 bridgehead atoms. The molecule has 0 atom stereocenters. The molecule has 0 unspecified atom stereocenters. The summed E-state index contributed by atoms with van der Waals surface area (Å²) in [6.45, 7) is 1.84. The molecule has 0 aliphatic heterocycles. The van der Waals surface area contributed by atoms with Crippen LogP contribution in [0.1, 0.15) is 5.82 Å². The molecular formula is C15H13N7. The van der Waals surface area contributed by atoms with Crippen molar-refractivity contribution < 1.29 is 0 Å². The molecular weight excluding hydrogens is 278 g/mol. The summed E-state index contributed by atoms with van der Waals surface area (Å²) in [4.78, 5) is 12.9. The van der Waals surface area contributed by atoms with E-state index in [0.717, 1.165) is 16.7 Å². The summed E-state index contributed by atoms with van der Waals surface area (Å²) in [5, 5.41) is 4.24. The first-order valence-corrected chi connectivity index (χ1v) is 6.79. The fourth-order valence-electron chi connectivity index (χ4n) is 2.38. The van der Waals surface area contributed by atoms with Gasteiger partial charge in [0.1, 0.15) is 24.0 Å². The SMILES string of the molecule is Cc1ncn(-c2ccc(-n3cnc4c(N)cccc43)cn2)n1. The number of aryl methyl sites for hydroxylation is 1. The number of benzene rings is 1. The van der Waals surface area contributed by atoms with Crippen LogP contribution in [0.2, 0.25) is 0 Å². The van der Waals surface area contributed by atoms with E-state index in [1.54, 1.807) is 23.5 Å². The summed E-state index contributed by atoms with van der Waals surface area (Å²) < 4.78 is 3.60. The van der Waals surface area contributed by atoms with Gasteiger partial charge in [-0.1, -0.05) is 6.07 Å². The number of nitrogen functional groups attached to an aromatic ring is 1. The molecule has 3 aromatic heterocycles. The molecule has 0 saturated carbocycles. The molecule has 7 nitrogen and oxygen atoms in total. The zero-order valence-electron chi connectivity index (χ0n) is 11.9. The lowest BCUT2D eigenvalue weighted by atomic mass is 10.2. The van der Waals surface area contributed by atoms with E-state index in [4.69, 9.17) is 5.73 Å². The Balaban J connectivity index is 1.78. The monoisotopic (exact) mass is 291 g/mol. The molecule has 0 aliphatic rings. The van der Waals surface area contributed by atoms with E-state index in [2.05, 4.69) is 20.1 Å². The number of hydrogen-bond donors (Lipinski definition) is 1. The largest absolute Gasteiger partial charge is 0.397 e. The predicted molar refractivity (Wildman–Crippen MR) is 82.9 cm³/mol. The van der Waals surface area contributed by atoms with Gasteiger partial charge in [-0.05, 0) is 31.2 Å². The highest BCUT2D eigenvalue weighted by Gasteiger charge is 2.08. The zero-order chi connectivity index (χ0) is 15.1. The summed E-state index contributed by atoms with van der Waals surface area (Å²) >= 11 is 0. The third-order valence-electron chi connectivity index (χ3n) is 3.46. The Morgan fingerprint density at radius 1 is 1.00 bits per heavy atom. The van der Waals surface area contributed by atoms with Crippen LogP contribution in [0.3, 0.4) is 0 Å². The number of pyridine rings is 1. The van der Waals surface area contributed by atoms with Crippen LogP contribution in [0.4, 0.5) is 5.69 Å². The first-order chi connectivity index (χ1) is 10.7. The summed E-state index contributed by atoms with van der Waals surface area (Å²) in [5.74, 6) is 1.43. The third-order valence-corrected chi connectivity index (χ3v) is 3.46. The van der Waals surface area contributed by atoms with Crippen molar-refractivity contribution in [2.45, 2.75) is 6.92 Å². The maximum absolute atomic E-state index is 5.94. The molecule has 0 aliphatic carbocycles. The molecule has 3 heterocycles. The van der Waals surface area contributed by atoms with Gasteiger partial charge in [0.05, 0.1) is 23.1 Å². The zero-order valence-corrected chi connectivity index (χ0v) is 11.9. The molecule has 0 spiro atoms. The van der Waals surface area contributed by atoms with Gasteiger partial charge < -0.3 is 5.73 Å². The van der Waals surface area contributed by atoms with Crippen molar-refractivity contribution in [3.8, 4) is 11.5 Å². The van der Waals surface area contributed by atoms with Crippen molar-refractivity contribution in [3.05, 3.63) is 55.0 Å². The van der Waals surface area contributed by atoms with Gasteiger partial charge in [0.2, 0.25) is 0 Å². The van der Waals surface area contributed by atoms with Gasteiger partial charge in [-0.3, -0.25) is 4.57 Å². The Morgan fingerprint density at radius 2 is 1.91 bits per heavy atom. The molecule has 0 amide bonds. The molecule has 7 heteroatoms. The van der Waals surface area contributed by atoms with E-state index in [1.165, 1.54) is 0 Å². The number of aromatic nitrogens is 6. The van der Waals surface area contributed by atoms with E-state index < -0.39 is 0 Å². The second-order valence-corrected chi connectivity index (χ2v) is 4.94. The van der Waals surface area contributed by atoms with Gasteiger partial charge in [0.15, 0.2) is 5.82 Å². The minimum absolute atomic E-state index is 0.666. The molecule has 0 fully saturated rings. The standard InChI is InChI=1S/C15H13N7/c1-10-18-9-22(20-10)14-6-5-11(7-17-14)21-8-19-15-12(16)3-2-4-13(15)21/h2-9H,16H2,1H3. The fraction of sp³-hybridized carbons (Fsp3) is 0.0667. The first-order valence-electron chi connectivity index (χ1n) is 6.79. The van der Waals surface area contributed by atoms with Crippen molar-refractivity contribution in [1.82, 2.24) is 29.3 Å². The summed E-state index contributed by atoms with van der Waals surface area (Å²) in [7, 11) is 0. The van der Waals surface area contributed by atoms with Crippen LogP contribution in [0, 0.1) is 6.92 Å². The normalized spacial score (nSPS) is 11.1. The summed E-state index contributed by atoms with van der Waals surface area (Å²) in [5.41, 5.74) is 9.26. The smallest absolute Gasteiger partial charge is 0.155 e. The number of para-hydroxylation sites is 1. The highest BCUT2D eigenvalue weighted by Crippen LogP contribution is 2.22. The van der Waals surface area contributed by atoms with Crippen molar-refractivity contribution in [1.29, 1.82) is 0 Å². The van der Waals surface area contributed by atoms with E-state index in [-0.39, 0.29) is 0 Å². The Morgan fingerprint density at radius 3 is 2.64 bits per heavy atom. The third kappa shape index (κ3) is 1.91. The number of nitrogens with two attached hydrogens (primary N) is 1. The Kier molecular flexibility index (Phi) is 2.65. The number of fused-ring (bicyclic) bond motifs is 1. The molecule has 22 heavy (non-hydrogen) atoms. The number of rotatable bonds is 2. The van der Waals surface area contributed by atoms with Crippen molar-refractivity contribution in [3.63, 3.8) is 0 Å². The van der Waals surface area contributed by atoms with Gasteiger partial charge in [-0.2, -0.15) is 5.10 Å². The highest BCUT2D eigenvalue weighted by molar-refractivity contribution is 5.88. The number of nitrogens with zero attached hydrogens (tertiary/aromatic N) is 6. The fourth-order valence-corrected chi connectivity index (χ4v) is 2.38. The predicted octanol–water partition coefficient (Wildman–Crippen LogP) is 1.89. The topological polar surface area (TPSA) is 87.4 Å². The van der Waals surface area contributed by atoms with Crippen molar-refractivity contribution >= 4 is 16.7 Å². The molecule has 0 saturated heterocycles. The van der Waals surface area contributed by atoms with E-state index in [0.29, 0.717) is 17.3 Å². The van der Waals surface area contributed by atoms with Crippen LogP contribution in [-0.4, -0.2) is 29.3 Å². The lowest BCUT2D eigenvalue weighted by molar-refractivity contribution is 0.830. The van der Waals surface area contributed by atoms with Gasteiger partial charge in [-0.15, -0.1) is 0 Å². The maximum Gasteiger partial charge on any atom is 0.155 e. The van der Waals surface area contributed by atoms with Crippen LogP contribution in [0.5, 0.6) is 0 Å². The molecule has 2 N–H and O–H groups in total. The minimum atomic E-state index is 0.666. The van der Waals surface area contributed by atoms with Crippen LogP contribution in [0.15, 0.2) is 49.2 Å². The van der Waals surface area contributed by atoms with Gasteiger partial charge >= 0.3 is 0 Å². The quantitative estimate of drug-likeness (QED) is 0.570. The molecule has 1 aromatic carbocycles. The molecule has 0 radical (unpaired) electrons. The van der Waals surface area contributed by atoms with Gasteiger partial charge in [-0.25, -0.2) is 19.6 Å². The van der Waals surface area contributed by atoms with Crippen LogP contribution in [-0.2, 0) is 0 Å². The Labute approximate surface area is 126 Å². The van der Waals surface area contributed by atoms with Gasteiger partial charge in [0.25, 0.3) is 0 Å². The Bertz CT molecular complexity index is 950. The number of anilines is 1. The molecule has 108 valence electrons. The van der Waals surface area contributed by atoms with E-state index >= 15 is 0 Å². The van der Waals surface area contributed by atoms with E-state index in [1.807, 2.05) is 41.8 Å². The van der Waals surface area contributed by atoms with Crippen LogP contribution in [0.25, 0.3) is 22.5 Å². The number of imidazole rings is 1.